The molecule has 0 fully saturated rings. The number of rotatable bonds is 35. The molecule has 0 bridgehead atoms. The van der Waals surface area contributed by atoms with Gasteiger partial charge in [-0.25, -0.2) is 0 Å². The third-order valence-corrected chi connectivity index (χ3v) is 11.1. The molecule has 0 amide bonds. The van der Waals surface area contributed by atoms with Crippen molar-refractivity contribution in [1.82, 2.24) is 0 Å². The molecular formula is C39H77NO5P+. The van der Waals surface area contributed by atoms with Gasteiger partial charge in [-0.2, -0.15) is 0 Å². The highest BCUT2D eigenvalue weighted by molar-refractivity contribution is 7.53. The minimum Gasteiger partial charge on any atom is -0.329 e. The van der Waals surface area contributed by atoms with Crippen molar-refractivity contribution in [3.05, 3.63) is 12.2 Å². The van der Waals surface area contributed by atoms with Gasteiger partial charge in [-0.3, -0.25) is 9.36 Å². The van der Waals surface area contributed by atoms with Gasteiger partial charge >= 0.3 is 7.60 Å². The number of aldehydes is 1. The number of unbranched alkanes of at least 4 members (excludes halogenated alkanes) is 21. The van der Waals surface area contributed by atoms with E-state index in [0.29, 0.717) is 23.7 Å². The molecule has 1 N–H and O–H groups in total. The molecule has 0 aromatic heterocycles. The predicted molar refractivity (Wildman–Crippen MR) is 198 cm³/mol. The van der Waals surface area contributed by atoms with Crippen molar-refractivity contribution in [3.63, 3.8) is 0 Å². The first-order chi connectivity index (χ1) is 22.1. The third kappa shape index (κ3) is 27.2. The summed E-state index contributed by atoms with van der Waals surface area (Å²) in [4.78, 5) is 36.4. The number of nitrogens with zero attached hydrogens (tertiary/aromatic N) is 1. The molecule has 7 heteroatoms. The van der Waals surface area contributed by atoms with Crippen LogP contribution in [0.1, 0.15) is 181 Å². The maximum atomic E-state index is 13.4. The van der Waals surface area contributed by atoms with Crippen LogP contribution in [0.5, 0.6) is 0 Å². The molecular weight excluding hydrogens is 593 g/mol. The fraction of sp³-hybridized carbons (Fsp3) is 0.897. The lowest BCUT2D eigenvalue weighted by molar-refractivity contribution is -0.870. The van der Waals surface area contributed by atoms with E-state index in [2.05, 4.69) is 26.0 Å². The minimum absolute atomic E-state index is 0.125. The van der Waals surface area contributed by atoms with Gasteiger partial charge in [-0.15, -0.1) is 0 Å². The number of hydrogen-bond acceptors (Lipinski definition) is 4. The van der Waals surface area contributed by atoms with Crippen molar-refractivity contribution < 1.29 is 28.1 Å². The van der Waals surface area contributed by atoms with Crippen molar-refractivity contribution in [2.24, 2.45) is 5.92 Å². The molecule has 0 saturated carbocycles. The Kier molecular flexibility index (Phi) is 29.7. The molecule has 0 heterocycles. The maximum absolute atomic E-state index is 13.4. The van der Waals surface area contributed by atoms with Gasteiger partial charge in [-0.05, 0) is 38.5 Å². The van der Waals surface area contributed by atoms with Crippen molar-refractivity contribution >= 4 is 19.7 Å². The molecule has 0 spiro atoms. The number of Topliss-reactive ketones (excluding diaryl/α,β-unsaturated/α-hetero) is 1. The molecule has 0 saturated heterocycles. The Morgan fingerprint density at radius 2 is 1.09 bits per heavy atom. The molecule has 46 heavy (non-hydrogen) atoms. The zero-order valence-corrected chi connectivity index (χ0v) is 32.1. The Bertz CT molecular complexity index is 794. The van der Waals surface area contributed by atoms with Gasteiger partial charge < -0.3 is 18.7 Å². The van der Waals surface area contributed by atoms with Crippen LogP contribution in [-0.2, 0) is 18.7 Å². The van der Waals surface area contributed by atoms with Crippen LogP contribution in [0, 0.1) is 5.92 Å². The molecule has 0 radical (unpaired) electrons. The van der Waals surface area contributed by atoms with Crippen molar-refractivity contribution in [1.29, 1.82) is 0 Å². The Morgan fingerprint density at radius 3 is 1.52 bits per heavy atom. The maximum Gasteiger partial charge on any atom is 0.332 e. The monoisotopic (exact) mass is 671 g/mol. The first-order valence-electron chi connectivity index (χ1n) is 19.5. The second kappa shape index (κ2) is 30.3. The van der Waals surface area contributed by atoms with Crippen LogP contribution in [0.25, 0.3) is 0 Å². The van der Waals surface area contributed by atoms with Crippen LogP contribution in [0.4, 0.5) is 0 Å². The van der Waals surface area contributed by atoms with Crippen LogP contribution in [0.3, 0.4) is 0 Å². The number of carbonyl (C=O) groups is 2. The number of likely N-dealkylation sites (N-methyl/N-ethyl adjacent to an activating group) is 1. The fourth-order valence-electron chi connectivity index (χ4n) is 6.02. The van der Waals surface area contributed by atoms with Gasteiger partial charge in [0.2, 0.25) is 0 Å². The number of allylic oxidation sites excluding steroid dienone is 2. The average Bonchev–Trinajstić information content (AvgIpc) is 3.00. The quantitative estimate of drug-likeness (QED) is 0.0181. The number of ketones is 1. The lowest BCUT2D eigenvalue weighted by atomic mass is 9.93. The summed E-state index contributed by atoms with van der Waals surface area (Å²) >= 11 is 0. The Hall–Kier alpha value is -0.810. The van der Waals surface area contributed by atoms with E-state index in [-0.39, 0.29) is 18.8 Å². The lowest BCUT2D eigenvalue weighted by Gasteiger charge is -2.28. The summed E-state index contributed by atoms with van der Waals surface area (Å²) in [5.74, 6) is -1.27. The normalized spacial score (nSPS) is 14.8. The van der Waals surface area contributed by atoms with Crippen molar-refractivity contribution in [3.8, 4) is 0 Å². The van der Waals surface area contributed by atoms with Crippen LogP contribution < -0.4 is 0 Å². The van der Waals surface area contributed by atoms with Crippen LogP contribution in [0.15, 0.2) is 12.2 Å². The van der Waals surface area contributed by atoms with Gasteiger partial charge in [-0.1, -0.05) is 148 Å². The average molecular weight is 671 g/mol. The summed E-state index contributed by atoms with van der Waals surface area (Å²) in [7, 11) is 1.86. The summed E-state index contributed by atoms with van der Waals surface area (Å²) in [5, 5.41) is 0. The van der Waals surface area contributed by atoms with E-state index in [4.69, 9.17) is 4.52 Å². The summed E-state index contributed by atoms with van der Waals surface area (Å²) in [6.45, 7) is 5.19. The lowest BCUT2D eigenvalue weighted by Crippen LogP contribution is -2.38. The van der Waals surface area contributed by atoms with E-state index in [9.17, 15) is 19.0 Å². The van der Waals surface area contributed by atoms with E-state index in [1.165, 1.54) is 96.3 Å². The molecule has 0 rings (SSSR count). The molecule has 272 valence electrons. The minimum atomic E-state index is -4.14. The van der Waals surface area contributed by atoms with E-state index >= 15 is 0 Å². The van der Waals surface area contributed by atoms with E-state index < -0.39 is 19.2 Å². The molecule has 6 nitrogen and oxygen atoms in total. The first kappa shape index (κ1) is 45.2. The van der Waals surface area contributed by atoms with Crippen molar-refractivity contribution in [2.45, 2.75) is 186 Å². The highest BCUT2D eigenvalue weighted by Crippen LogP contribution is 2.52. The highest BCUT2D eigenvalue weighted by atomic mass is 31.2. The largest absolute Gasteiger partial charge is 0.332 e. The fourth-order valence-corrected chi connectivity index (χ4v) is 7.71. The van der Waals surface area contributed by atoms with Gasteiger partial charge in [0, 0.05) is 6.42 Å². The molecule has 0 aliphatic heterocycles. The van der Waals surface area contributed by atoms with E-state index in [0.717, 1.165) is 57.8 Å². The zero-order valence-electron chi connectivity index (χ0n) is 31.2. The number of carbonyl (C=O) groups excluding carboxylic acids is 2. The summed E-state index contributed by atoms with van der Waals surface area (Å²) < 4.78 is 19.6. The van der Waals surface area contributed by atoms with Gasteiger partial charge in [0.1, 0.15) is 25.2 Å². The number of hydrogen-bond donors (Lipinski definition) is 1. The van der Waals surface area contributed by atoms with Crippen LogP contribution in [-0.4, -0.2) is 61.4 Å². The smallest absolute Gasteiger partial charge is 0.329 e. The third-order valence-electron chi connectivity index (χ3n) is 9.18. The molecule has 3 unspecified atom stereocenters. The molecule has 0 aliphatic carbocycles. The highest BCUT2D eigenvalue weighted by Gasteiger charge is 2.41. The van der Waals surface area contributed by atoms with Gasteiger partial charge in [0.25, 0.3) is 0 Å². The molecule has 3 atom stereocenters. The van der Waals surface area contributed by atoms with E-state index in [1.54, 1.807) is 0 Å². The predicted octanol–water partition coefficient (Wildman–Crippen LogP) is 11.4. The standard InChI is InChI=1S/C39H76NO5P/c1-6-8-10-12-14-16-18-19-20-21-23-24-26-28-30-32-38(42)37(36-41)39(46(43,44)45-35-34-40(3,4)5)33-31-29-27-25-22-17-15-13-11-9-7-2/h19-20,36-37,39H,6-18,21-35H2,1-5H3/p+1/b20-19-. The van der Waals surface area contributed by atoms with Crippen LogP contribution in [0.2, 0.25) is 0 Å². The molecule has 0 aromatic carbocycles. The van der Waals surface area contributed by atoms with Crippen molar-refractivity contribution in [2.75, 3.05) is 34.3 Å². The number of quaternary nitrogens is 1. The second-order valence-electron chi connectivity index (χ2n) is 14.8. The summed E-state index contributed by atoms with van der Waals surface area (Å²) in [6, 6.07) is 0. The second-order valence-corrected chi connectivity index (χ2v) is 16.8. The SMILES string of the molecule is CCCCCCCC/C=C\CCCCCCCC(=O)C(C=O)C(CCCCCCCCCCCCC)P(=O)(O)OCC[N+](C)(C)C. The molecule has 0 aliphatic rings. The topological polar surface area (TPSA) is 80.7 Å². The Labute approximate surface area is 286 Å². The van der Waals surface area contributed by atoms with E-state index in [1.807, 2.05) is 21.1 Å². The zero-order chi connectivity index (χ0) is 34.4. The first-order valence-corrected chi connectivity index (χ1v) is 21.1. The Morgan fingerprint density at radius 1 is 0.674 bits per heavy atom. The van der Waals surface area contributed by atoms with Crippen LogP contribution >= 0.6 is 7.60 Å². The van der Waals surface area contributed by atoms with Gasteiger partial charge in [0.05, 0.1) is 32.7 Å². The molecule has 0 aromatic rings. The van der Waals surface area contributed by atoms with Gasteiger partial charge in [0.15, 0.2) is 0 Å². The summed E-state index contributed by atoms with van der Waals surface area (Å²) in [5.41, 5.74) is -0.952. The Balaban J connectivity index is 4.58. The summed E-state index contributed by atoms with van der Waals surface area (Å²) in [6.07, 6.45) is 34.3.